The molecule has 0 radical (unpaired) electrons. The molecule has 1 fully saturated rings. The lowest BCUT2D eigenvalue weighted by atomic mass is 10.3. The van der Waals surface area contributed by atoms with Crippen molar-refractivity contribution in [3.05, 3.63) is 40.5 Å². The Hall–Kier alpha value is -2.59. The van der Waals surface area contributed by atoms with Gasteiger partial charge in [-0.2, -0.15) is 0 Å². The quantitative estimate of drug-likeness (QED) is 0.588. The average molecular weight is 419 g/mol. The van der Waals surface area contributed by atoms with E-state index in [0.717, 1.165) is 10.4 Å². The van der Waals surface area contributed by atoms with Gasteiger partial charge in [-0.1, -0.05) is 17.8 Å². The Kier molecular flexibility index (Phi) is 5.49. The van der Waals surface area contributed by atoms with Crippen molar-refractivity contribution in [1.29, 1.82) is 0 Å². The first-order valence-electron chi connectivity index (χ1n) is 8.73. The second kappa shape index (κ2) is 8.19. The predicted octanol–water partition coefficient (Wildman–Crippen LogP) is 2.78. The van der Waals surface area contributed by atoms with Gasteiger partial charge in [0.25, 0.3) is 17.0 Å². The van der Waals surface area contributed by atoms with Gasteiger partial charge in [-0.15, -0.1) is 21.5 Å². The maximum atomic E-state index is 12.5. The molecule has 0 aliphatic carbocycles. The summed E-state index contributed by atoms with van der Waals surface area (Å²) in [5, 5.41) is 10.2. The number of thiophene rings is 1. The molecule has 4 rings (SSSR count). The summed E-state index contributed by atoms with van der Waals surface area (Å²) >= 11 is 2.65. The van der Waals surface area contributed by atoms with Gasteiger partial charge in [0, 0.05) is 26.2 Å². The van der Waals surface area contributed by atoms with E-state index in [1.165, 1.54) is 23.1 Å². The molecule has 0 bridgehead atoms. The molecular weight excluding hydrogens is 400 g/mol. The fourth-order valence-electron chi connectivity index (χ4n) is 2.91. The minimum Gasteiger partial charge on any atom is -0.469 e. The number of rotatable bonds is 5. The number of hydrogen-bond acceptors (Lipinski definition) is 8. The molecule has 1 aliphatic rings. The third kappa shape index (κ3) is 3.97. The largest absolute Gasteiger partial charge is 0.469 e. The van der Waals surface area contributed by atoms with Gasteiger partial charge < -0.3 is 18.6 Å². The van der Waals surface area contributed by atoms with Crippen molar-refractivity contribution in [3.63, 3.8) is 0 Å². The van der Waals surface area contributed by atoms with E-state index >= 15 is 0 Å². The van der Waals surface area contributed by atoms with Crippen LogP contribution in [-0.4, -0.2) is 63.7 Å². The van der Waals surface area contributed by atoms with Crippen LogP contribution in [-0.2, 0) is 4.79 Å². The lowest BCUT2D eigenvalue weighted by Crippen LogP contribution is -2.51. The van der Waals surface area contributed by atoms with Crippen LogP contribution in [0.1, 0.15) is 15.4 Å². The smallest absolute Gasteiger partial charge is 0.277 e. The highest BCUT2D eigenvalue weighted by Crippen LogP contribution is 2.26. The standard InChI is InChI=1S/C18H18N4O4S2/c1-12-13(4-9-25-12)16-19-20-18(26-16)28-11-15(23)21-5-7-22(8-6-21)17(24)14-3-2-10-27-14/h2-4,9-10H,5-8,11H2,1H3. The normalized spacial score (nSPS) is 14.5. The molecule has 28 heavy (non-hydrogen) atoms. The van der Waals surface area contributed by atoms with E-state index in [4.69, 9.17) is 8.83 Å². The Labute approximate surface area is 169 Å². The molecule has 0 aromatic carbocycles. The Morgan fingerprint density at radius 3 is 2.64 bits per heavy atom. The average Bonchev–Trinajstić information content (AvgIpc) is 3.47. The van der Waals surface area contributed by atoms with Crippen molar-refractivity contribution in [2.45, 2.75) is 12.1 Å². The third-order valence-electron chi connectivity index (χ3n) is 4.47. The van der Waals surface area contributed by atoms with Gasteiger partial charge in [-0.05, 0) is 24.4 Å². The van der Waals surface area contributed by atoms with Crippen LogP contribution in [0, 0.1) is 6.92 Å². The first-order chi connectivity index (χ1) is 13.6. The van der Waals surface area contributed by atoms with Gasteiger partial charge in [0.2, 0.25) is 5.91 Å². The number of piperazine rings is 1. The van der Waals surface area contributed by atoms with E-state index in [-0.39, 0.29) is 17.6 Å². The molecule has 10 heteroatoms. The number of hydrogen-bond donors (Lipinski definition) is 0. The van der Waals surface area contributed by atoms with E-state index in [1.54, 1.807) is 22.1 Å². The summed E-state index contributed by atoms with van der Waals surface area (Å²) in [6, 6.07) is 5.45. The second-order valence-electron chi connectivity index (χ2n) is 6.20. The van der Waals surface area contributed by atoms with E-state index in [1.807, 2.05) is 24.4 Å². The van der Waals surface area contributed by atoms with Gasteiger partial charge >= 0.3 is 0 Å². The van der Waals surface area contributed by atoms with Gasteiger partial charge in [-0.3, -0.25) is 9.59 Å². The minimum atomic E-state index is -0.00698. The summed E-state index contributed by atoms with van der Waals surface area (Å²) in [7, 11) is 0. The molecule has 146 valence electrons. The summed E-state index contributed by atoms with van der Waals surface area (Å²) in [5.41, 5.74) is 0.747. The van der Waals surface area contributed by atoms with Crippen LogP contribution in [0.15, 0.2) is 43.9 Å². The molecule has 4 heterocycles. The number of aryl methyl sites for hydroxylation is 1. The van der Waals surface area contributed by atoms with Crippen LogP contribution in [0.5, 0.6) is 0 Å². The molecule has 0 spiro atoms. The fourth-order valence-corrected chi connectivity index (χ4v) is 4.27. The number of nitrogens with zero attached hydrogens (tertiary/aromatic N) is 4. The summed E-state index contributed by atoms with van der Waals surface area (Å²) in [5.74, 6) is 1.32. The lowest BCUT2D eigenvalue weighted by molar-refractivity contribution is -0.129. The van der Waals surface area contributed by atoms with Gasteiger partial charge in [-0.25, -0.2) is 0 Å². The molecule has 0 saturated carbocycles. The third-order valence-corrected chi connectivity index (χ3v) is 6.13. The van der Waals surface area contributed by atoms with Crippen molar-refractivity contribution < 1.29 is 18.4 Å². The van der Waals surface area contributed by atoms with E-state index in [2.05, 4.69) is 10.2 Å². The molecule has 8 nitrogen and oxygen atoms in total. The molecule has 1 aliphatic heterocycles. The highest BCUT2D eigenvalue weighted by Gasteiger charge is 2.25. The zero-order valence-corrected chi connectivity index (χ0v) is 16.8. The fraction of sp³-hybridized carbons (Fsp3) is 0.333. The Morgan fingerprint density at radius 1 is 1.18 bits per heavy atom. The summed E-state index contributed by atoms with van der Waals surface area (Å²) in [6.45, 7) is 3.95. The summed E-state index contributed by atoms with van der Waals surface area (Å²) in [4.78, 5) is 29.1. The van der Waals surface area contributed by atoms with Crippen LogP contribution in [0.4, 0.5) is 0 Å². The zero-order valence-electron chi connectivity index (χ0n) is 15.2. The maximum Gasteiger partial charge on any atom is 0.277 e. The maximum absolute atomic E-state index is 12.5. The van der Waals surface area contributed by atoms with Crippen LogP contribution in [0.25, 0.3) is 11.5 Å². The Morgan fingerprint density at radius 2 is 1.96 bits per heavy atom. The molecule has 3 aromatic heterocycles. The van der Waals surface area contributed by atoms with E-state index in [0.29, 0.717) is 43.1 Å². The number of thioether (sulfide) groups is 1. The van der Waals surface area contributed by atoms with Gasteiger partial charge in [0.1, 0.15) is 5.76 Å². The Balaban J connectivity index is 1.27. The minimum absolute atomic E-state index is 0.00698. The highest BCUT2D eigenvalue weighted by molar-refractivity contribution is 7.99. The van der Waals surface area contributed by atoms with Crippen molar-refractivity contribution in [2.24, 2.45) is 0 Å². The molecule has 1 saturated heterocycles. The van der Waals surface area contributed by atoms with E-state index in [9.17, 15) is 9.59 Å². The molecule has 0 unspecified atom stereocenters. The highest BCUT2D eigenvalue weighted by atomic mass is 32.2. The first-order valence-corrected chi connectivity index (χ1v) is 10.6. The summed E-state index contributed by atoms with van der Waals surface area (Å²) < 4.78 is 10.8. The molecular formula is C18H18N4O4S2. The monoisotopic (exact) mass is 418 g/mol. The van der Waals surface area contributed by atoms with Crippen molar-refractivity contribution in [1.82, 2.24) is 20.0 Å². The van der Waals surface area contributed by atoms with Gasteiger partial charge in [0.15, 0.2) is 0 Å². The number of carbonyl (C=O) groups excluding carboxylic acids is 2. The summed E-state index contributed by atoms with van der Waals surface area (Å²) in [6.07, 6.45) is 1.56. The van der Waals surface area contributed by atoms with Gasteiger partial charge in [0.05, 0.1) is 22.5 Å². The first kappa shape index (κ1) is 18.8. The topological polar surface area (TPSA) is 92.7 Å². The molecule has 0 N–H and O–H groups in total. The van der Waals surface area contributed by atoms with Crippen LogP contribution < -0.4 is 0 Å². The lowest BCUT2D eigenvalue weighted by Gasteiger charge is -2.34. The van der Waals surface area contributed by atoms with Crippen molar-refractivity contribution in [2.75, 3.05) is 31.9 Å². The van der Waals surface area contributed by atoms with Crippen LogP contribution >= 0.6 is 23.1 Å². The van der Waals surface area contributed by atoms with Crippen molar-refractivity contribution >= 4 is 34.9 Å². The molecule has 3 aromatic rings. The number of aromatic nitrogens is 2. The second-order valence-corrected chi connectivity index (χ2v) is 8.08. The number of amides is 2. The SMILES string of the molecule is Cc1occc1-c1nnc(SCC(=O)N2CCN(C(=O)c3cccs3)CC2)o1. The Bertz CT molecular complexity index is 958. The number of carbonyl (C=O) groups is 2. The zero-order chi connectivity index (χ0) is 19.5. The molecule has 0 atom stereocenters. The van der Waals surface area contributed by atoms with Crippen LogP contribution in [0.3, 0.4) is 0 Å². The van der Waals surface area contributed by atoms with Crippen molar-refractivity contribution in [3.8, 4) is 11.5 Å². The number of furan rings is 1. The van der Waals surface area contributed by atoms with E-state index < -0.39 is 0 Å². The predicted molar refractivity (Wildman–Crippen MR) is 104 cm³/mol. The van der Waals surface area contributed by atoms with Crippen LogP contribution in [0.2, 0.25) is 0 Å². The molecule has 2 amide bonds.